The van der Waals surface area contributed by atoms with Crippen molar-refractivity contribution in [3.05, 3.63) is 29.8 Å². The van der Waals surface area contributed by atoms with Crippen LogP contribution in [-0.2, 0) is 4.79 Å². The minimum atomic E-state index is -2.70. The van der Waals surface area contributed by atoms with Gasteiger partial charge in [-0.25, -0.2) is 18.2 Å². The summed E-state index contributed by atoms with van der Waals surface area (Å²) >= 11 is 0. The average Bonchev–Trinajstić information content (AvgIpc) is 2.98. The highest BCUT2D eigenvalue weighted by Gasteiger charge is 2.59. The highest BCUT2D eigenvalue weighted by Crippen LogP contribution is 2.46. The second-order valence-corrected chi connectivity index (χ2v) is 5.59. The first-order chi connectivity index (χ1) is 9.99. The van der Waals surface area contributed by atoms with E-state index in [1.165, 1.54) is 17.3 Å². The molecule has 0 N–H and O–H groups in total. The molecule has 21 heavy (non-hydrogen) atoms. The third-order valence-electron chi connectivity index (χ3n) is 4.52. The zero-order valence-electron chi connectivity index (χ0n) is 11.6. The quantitative estimate of drug-likeness (QED) is 0.860. The molecule has 3 rings (SSSR count). The lowest BCUT2D eigenvalue weighted by Gasteiger charge is -2.27. The monoisotopic (exact) mass is 299 g/mol. The van der Waals surface area contributed by atoms with Crippen LogP contribution in [0.4, 0.5) is 13.2 Å². The number of alkyl halides is 2. The molecule has 0 spiro atoms. The molecular formula is C14H16F3N3O. The highest BCUT2D eigenvalue weighted by atomic mass is 19.3. The summed E-state index contributed by atoms with van der Waals surface area (Å²) in [5.74, 6) is -1.06. The molecule has 2 aliphatic rings. The molecular weight excluding hydrogens is 283 g/mol. The molecule has 2 atom stereocenters. The van der Waals surface area contributed by atoms with Crippen molar-refractivity contribution in [1.82, 2.24) is 15.0 Å². The van der Waals surface area contributed by atoms with Gasteiger partial charge in [0.1, 0.15) is 11.2 Å². The lowest BCUT2D eigenvalue weighted by molar-refractivity contribution is -0.148. The van der Waals surface area contributed by atoms with Crippen molar-refractivity contribution in [2.24, 2.45) is 5.41 Å². The molecule has 3 heterocycles. The van der Waals surface area contributed by atoms with E-state index in [9.17, 15) is 18.0 Å². The zero-order valence-corrected chi connectivity index (χ0v) is 11.6. The molecule has 2 fully saturated rings. The van der Waals surface area contributed by atoms with Gasteiger partial charge < -0.3 is 0 Å². The van der Waals surface area contributed by atoms with Gasteiger partial charge in [0.25, 0.3) is 12.3 Å². The van der Waals surface area contributed by atoms with Gasteiger partial charge in [-0.15, -0.1) is 0 Å². The topological polar surface area (TPSA) is 36.4 Å². The van der Waals surface area contributed by atoms with E-state index < -0.39 is 29.6 Å². The predicted octanol–water partition coefficient (Wildman–Crippen LogP) is 2.39. The summed E-state index contributed by atoms with van der Waals surface area (Å²) < 4.78 is 40.1. The smallest absolute Gasteiger partial charge is 0.254 e. The molecule has 1 amide bonds. The number of hydrogen-bond donors (Lipinski definition) is 0. The van der Waals surface area contributed by atoms with E-state index in [4.69, 9.17) is 0 Å². The normalized spacial score (nSPS) is 29.5. The van der Waals surface area contributed by atoms with Crippen molar-refractivity contribution in [3.8, 4) is 0 Å². The molecule has 7 heteroatoms. The number of amides is 1. The fraction of sp³-hybridized carbons (Fsp3) is 0.571. The van der Waals surface area contributed by atoms with Gasteiger partial charge in [0, 0.05) is 19.3 Å². The Morgan fingerprint density at radius 1 is 1.48 bits per heavy atom. The number of halogens is 3. The van der Waals surface area contributed by atoms with Gasteiger partial charge in [-0.05, 0) is 24.5 Å². The number of hydrazine groups is 1. The van der Waals surface area contributed by atoms with Gasteiger partial charge >= 0.3 is 0 Å². The maximum atomic E-state index is 13.4. The van der Waals surface area contributed by atoms with Crippen LogP contribution in [0.1, 0.15) is 31.4 Å². The van der Waals surface area contributed by atoms with Gasteiger partial charge in [-0.2, -0.15) is 0 Å². The van der Waals surface area contributed by atoms with Gasteiger partial charge in [0.15, 0.2) is 0 Å². The highest BCUT2D eigenvalue weighted by molar-refractivity contribution is 5.85. The Balaban J connectivity index is 1.94. The number of rotatable bonds is 3. The molecule has 0 bridgehead atoms. The minimum Gasteiger partial charge on any atom is -0.272 e. The lowest BCUT2D eigenvalue weighted by atomic mass is 9.84. The first-order valence-corrected chi connectivity index (χ1v) is 6.96. The van der Waals surface area contributed by atoms with Crippen molar-refractivity contribution in [2.75, 3.05) is 13.1 Å². The lowest BCUT2D eigenvalue weighted by Crippen LogP contribution is -2.41. The van der Waals surface area contributed by atoms with Crippen molar-refractivity contribution < 1.29 is 18.0 Å². The summed E-state index contributed by atoms with van der Waals surface area (Å²) in [6.45, 7) is 2.15. The number of pyridine rings is 1. The van der Waals surface area contributed by atoms with Crippen LogP contribution < -0.4 is 0 Å². The van der Waals surface area contributed by atoms with E-state index in [0.717, 1.165) is 6.20 Å². The Kier molecular flexibility index (Phi) is 3.39. The first-order valence-electron chi connectivity index (χ1n) is 6.96. The number of hydrogen-bond acceptors (Lipinski definition) is 3. The summed E-state index contributed by atoms with van der Waals surface area (Å²) in [7, 11) is 0. The molecule has 114 valence electrons. The summed E-state index contributed by atoms with van der Waals surface area (Å²) in [5.41, 5.74) is -1.09. The molecule has 0 saturated carbocycles. The maximum absolute atomic E-state index is 13.4. The van der Waals surface area contributed by atoms with Gasteiger partial charge in [0.2, 0.25) is 0 Å². The van der Waals surface area contributed by atoms with Crippen LogP contribution in [0.2, 0.25) is 0 Å². The second-order valence-electron chi connectivity index (χ2n) is 5.59. The number of carbonyl (C=O) groups excluding carboxylic acids is 1. The van der Waals surface area contributed by atoms with Crippen LogP contribution in [0.3, 0.4) is 0 Å². The van der Waals surface area contributed by atoms with Crippen molar-refractivity contribution in [2.45, 2.75) is 32.2 Å². The van der Waals surface area contributed by atoms with Gasteiger partial charge in [-0.1, -0.05) is 6.92 Å². The molecule has 0 aliphatic carbocycles. The molecule has 0 aromatic carbocycles. The Labute approximate surface area is 120 Å². The molecule has 2 aliphatic heterocycles. The van der Waals surface area contributed by atoms with E-state index >= 15 is 0 Å². The van der Waals surface area contributed by atoms with E-state index in [-0.39, 0.29) is 13.0 Å². The SMILES string of the molecule is CCC1(C(F)F)CN2CCC(c3cncc(F)c3)N2C1=O. The summed E-state index contributed by atoms with van der Waals surface area (Å²) in [4.78, 5) is 16.3. The summed E-state index contributed by atoms with van der Waals surface area (Å²) in [6.07, 6.45) is 0.549. The molecule has 2 saturated heterocycles. The van der Waals surface area contributed by atoms with Crippen molar-refractivity contribution in [1.29, 1.82) is 0 Å². The van der Waals surface area contributed by atoms with Crippen LogP contribution in [0.5, 0.6) is 0 Å². The average molecular weight is 299 g/mol. The van der Waals surface area contributed by atoms with E-state index in [1.807, 2.05) is 0 Å². The summed E-state index contributed by atoms with van der Waals surface area (Å²) in [5, 5.41) is 3.04. The molecule has 2 unspecified atom stereocenters. The van der Waals surface area contributed by atoms with E-state index in [0.29, 0.717) is 18.5 Å². The van der Waals surface area contributed by atoms with E-state index in [1.54, 1.807) is 11.9 Å². The first kappa shape index (κ1) is 14.3. The number of aromatic nitrogens is 1. The number of carbonyl (C=O) groups is 1. The Morgan fingerprint density at radius 2 is 2.24 bits per heavy atom. The van der Waals surface area contributed by atoms with Gasteiger partial charge in [0.05, 0.1) is 12.2 Å². The molecule has 0 radical (unpaired) electrons. The van der Waals surface area contributed by atoms with Crippen LogP contribution in [0.25, 0.3) is 0 Å². The van der Waals surface area contributed by atoms with Crippen LogP contribution in [-0.4, -0.2) is 40.4 Å². The fourth-order valence-electron chi connectivity index (χ4n) is 3.24. The molecule has 4 nitrogen and oxygen atoms in total. The summed E-state index contributed by atoms with van der Waals surface area (Å²) in [6, 6.07) is 0.899. The Morgan fingerprint density at radius 3 is 2.86 bits per heavy atom. The maximum Gasteiger partial charge on any atom is 0.254 e. The Bertz CT molecular complexity index is 568. The fourth-order valence-corrected chi connectivity index (χ4v) is 3.24. The molecule has 1 aromatic heterocycles. The number of nitrogens with zero attached hydrogens (tertiary/aromatic N) is 3. The number of fused-ring (bicyclic) bond motifs is 1. The standard InChI is InChI=1S/C14H16F3N3O/c1-2-14(12(16)17)8-19-4-3-11(20(19)13(14)21)9-5-10(15)7-18-6-9/h5-7,11-12H,2-4,8H2,1H3. The minimum absolute atomic E-state index is 0.0270. The van der Waals surface area contributed by atoms with Crippen LogP contribution in [0.15, 0.2) is 18.5 Å². The largest absolute Gasteiger partial charge is 0.272 e. The molecule has 1 aromatic rings. The van der Waals surface area contributed by atoms with Crippen LogP contribution in [0, 0.1) is 11.2 Å². The van der Waals surface area contributed by atoms with E-state index in [2.05, 4.69) is 4.98 Å². The predicted molar refractivity (Wildman–Crippen MR) is 68.7 cm³/mol. The van der Waals surface area contributed by atoms with Crippen molar-refractivity contribution in [3.63, 3.8) is 0 Å². The third kappa shape index (κ3) is 2.02. The zero-order chi connectivity index (χ0) is 15.2. The van der Waals surface area contributed by atoms with Gasteiger partial charge in [-0.3, -0.25) is 14.8 Å². The van der Waals surface area contributed by atoms with Crippen LogP contribution >= 0.6 is 0 Å². The third-order valence-corrected chi connectivity index (χ3v) is 4.52. The Hall–Kier alpha value is -1.63. The second kappa shape index (κ2) is 4.98. The van der Waals surface area contributed by atoms with Crippen molar-refractivity contribution >= 4 is 5.91 Å².